The van der Waals surface area contributed by atoms with Crippen LogP contribution >= 0.6 is 11.8 Å². The van der Waals surface area contributed by atoms with E-state index in [1.54, 1.807) is 24.3 Å². The van der Waals surface area contributed by atoms with Crippen LogP contribution < -0.4 is 10.6 Å². The maximum atomic E-state index is 12.7. The summed E-state index contributed by atoms with van der Waals surface area (Å²) in [5.41, 5.74) is 6.67. The van der Waals surface area contributed by atoms with Crippen molar-refractivity contribution in [2.45, 2.75) is 32.9 Å². The second kappa shape index (κ2) is 10.6. The number of anilines is 2. The van der Waals surface area contributed by atoms with Crippen molar-refractivity contribution < 1.29 is 9.59 Å². The highest BCUT2D eigenvalue weighted by Gasteiger charge is 2.19. The maximum Gasteiger partial charge on any atom is 0.234 e. The molecule has 0 bridgehead atoms. The van der Waals surface area contributed by atoms with Crippen LogP contribution in [-0.4, -0.2) is 32.3 Å². The predicted octanol–water partition coefficient (Wildman–Crippen LogP) is 5.55. The summed E-state index contributed by atoms with van der Waals surface area (Å²) in [6.07, 6.45) is 0. The SMILES string of the molecule is CC(=O)Nc1ccc(NC(=O)CSc2nnc(-c3ccc(C)cc3)n2-c2cc(C)ccc2C)cc1. The molecule has 0 saturated carbocycles. The fourth-order valence-corrected chi connectivity index (χ4v) is 4.34. The van der Waals surface area contributed by atoms with E-state index in [0.29, 0.717) is 16.5 Å². The van der Waals surface area contributed by atoms with Crippen LogP contribution in [-0.2, 0) is 9.59 Å². The number of aromatic nitrogens is 3. The normalized spacial score (nSPS) is 10.7. The van der Waals surface area contributed by atoms with Crippen LogP contribution in [0.4, 0.5) is 11.4 Å². The van der Waals surface area contributed by atoms with Crippen LogP contribution in [0.15, 0.2) is 71.9 Å². The maximum absolute atomic E-state index is 12.7. The summed E-state index contributed by atoms with van der Waals surface area (Å²) >= 11 is 1.33. The first-order valence-electron chi connectivity index (χ1n) is 11.2. The number of rotatable bonds is 7. The van der Waals surface area contributed by atoms with Gasteiger partial charge < -0.3 is 10.6 Å². The predicted molar refractivity (Wildman–Crippen MR) is 141 cm³/mol. The number of thioether (sulfide) groups is 1. The molecule has 2 amide bonds. The van der Waals surface area contributed by atoms with Crippen molar-refractivity contribution in [3.05, 3.63) is 83.4 Å². The zero-order valence-electron chi connectivity index (χ0n) is 20.1. The monoisotopic (exact) mass is 485 g/mol. The van der Waals surface area contributed by atoms with Gasteiger partial charge in [0.1, 0.15) is 0 Å². The van der Waals surface area contributed by atoms with Crippen molar-refractivity contribution in [2.75, 3.05) is 16.4 Å². The Bertz CT molecular complexity index is 1360. The van der Waals surface area contributed by atoms with Gasteiger partial charge in [0.25, 0.3) is 0 Å². The summed E-state index contributed by atoms with van der Waals surface area (Å²) in [7, 11) is 0. The van der Waals surface area contributed by atoms with Crippen molar-refractivity contribution >= 4 is 35.0 Å². The molecule has 3 aromatic carbocycles. The molecule has 35 heavy (non-hydrogen) atoms. The molecule has 8 heteroatoms. The van der Waals surface area contributed by atoms with Crippen molar-refractivity contribution in [3.63, 3.8) is 0 Å². The van der Waals surface area contributed by atoms with Gasteiger partial charge in [-0.1, -0.05) is 53.7 Å². The van der Waals surface area contributed by atoms with Gasteiger partial charge in [0, 0.05) is 23.9 Å². The minimum atomic E-state index is -0.158. The van der Waals surface area contributed by atoms with E-state index in [2.05, 4.69) is 65.0 Å². The van der Waals surface area contributed by atoms with Gasteiger partial charge in [-0.25, -0.2) is 0 Å². The lowest BCUT2D eigenvalue weighted by Gasteiger charge is -2.14. The third kappa shape index (κ3) is 5.96. The van der Waals surface area contributed by atoms with Crippen LogP contribution in [0.1, 0.15) is 23.6 Å². The van der Waals surface area contributed by atoms with E-state index >= 15 is 0 Å². The Morgan fingerprint density at radius 1 is 0.829 bits per heavy atom. The number of carbonyl (C=O) groups is 2. The minimum absolute atomic E-state index is 0.142. The summed E-state index contributed by atoms with van der Waals surface area (Å²) in [4.78, 5) is 23.8. The van der Waals surface area contributed by atoms with E-state index in [9.17, 15) is 9.59 Å². The van der Waals surface area contributed by atoms with E-state index in [4.69, 9.17) is 0 Å². The van der Waals surface area contributed by atoms with Gasteiger partial charge >= 0.3 is 0 Å². The standard InChI is InChI=1S/C27H27N5O2S/c1-17-6-9-21(10-7-17)26-30-31-27(32(26)24-15-18(2)5-8-19(24)3)35-16-25(34)29-23-13-11-22(12-14-23)28-20(4)33/h5-15H,16H2,1-4H3,(H,28,33)(H,29,34). The van der Waals surface area contributed by atoms with Crippen LogP contribution in [0.5, 0.6) is 0 Å². The molecule has 0 saturated heterocycles. The Labute approximate surface area is 209 Å². The fraction of sp³-hybridized carbons (Fsp3) is 0.185. The molecule has 0 spiro atoms. The molecule has 2 N–H and O–H groups in total. The van der Waals surface area contributed by atoms with Crippen molar-refractivity contribution in [3.8, 4) is 17.1 Å². The summed E-state index contributed by atoms with van der Waals surface area (Å²) in [6.45, 7) is 7.61. The second-order valence-corrected chi connectivity index (χ2v) is 9.34. The van der Waals surface area contributed by atoms with Crippen LogP contribution in [0.2, 0.25) is 0 Å². The molecule has 0 aliphatic rings. The van der Waals surface area contributed by atoms with Gasteiger partial charge in [-0.05, 0) is 62.2 Å². The number of carbonyl (C=O) groups excluding carboxylic acids is 2. The first-order valence-corrected chi connectivity index (χ1v) is 12.2. The Morgan fingerprint density at radius 3 is 2.11 bits per heavy atom. The Kier molecular flexibility index (Phi) is 7.31. The average molecular weight is 486 g/mol. The lowest BCUT2D eigenvalue weighted by molar-refractivity contribution is -0.114. The number of benzene rings is 3. The van der Waals surface area contributed by atoms with Gasteiger partial charge in [0.05, 0.1) is 11.4 Å². The number of aryl methyl sites for hydroxylation is 3. The number of nitrogens with zero attached hydrogens (tertiary/aromatic N) is 3. The average Bonchev–Trinajstić information content (AvgIpc) is 3.24. The molecule has 0 fully saturated rings. The fourth-order valence-electron chi connectivity index (χ4n) is 3.60. The van der Waals surface area contributed by atoms with Crippen LogP contribution in [0, 0.1) is 20.8 Å². The van der Waals surface area contributed by atoms with Gasteiger partial charge in [-0.3, -0.25) is 14.2 Å². The van der Waals surface area contributed by atoms with E-state index in [-0.39, 0.29) is 17.6 Å². The Hall–Kier alpha value is -3.91. The van der Waals surface area contributed by atoms with Gasteiger partial charge in [0.15, 0.2) is 11.0 Å². The van der Waals surface area contributed by atoms with Gasteiger partial charge in [0.2, 0.25) is 11.8 Å². The summed E-state index contributed by atoms with van der Waals surface area (Å²) in [5, 5.41) is 15.2. The van der Waals surface area contributed by atoms with E-state index in [0.717, 1.165) is 28.2 Å². The molecule has 0 unspecified atom stereocenters. The zero-order chi connectivity index (χ0) is 24.9. The number of hydrogen-bond donors (Lipinski definition) is 2. The van der Waals surface area contributed by atoms with Crippen LogP contribution in [0.3, 0.4) is 0 Å². The molecule has 0 atom stereocenters. The molecule has 4 rings (SSSR count). The van der Waals surface area contributed by atoms with E-state index in [1.807, 2.05) is 23.6 Å². The summed E-state index contributed by atoms with van der Waals surface area (Å²) in [6, 6.07) is 21.4. The lowest BCUT2D eigenvalue weighted by Crippen LogP contribution is -2.15. The Balaban J connectivity index is 1.56. The number of hydrogen-bond acceptors (Lipinski definition) is 5. The smallest absolute Gasteiger partial charge is 0.234 e. The molecule has 7 nitrogen and oxygen atoms in total. The first-order chi connectivity index (χ1) is 16.8. The first kappa shape index (κ1) is 24.2. The number of amides is 2. The molecule has 1 aromatic heterocycles. The molecule has 0 radical (unpaired) electrons. The van der Waals surface area contributed by atoms with E-state index < -0.39 is 0 Å². The summed E-state index contributed by atoms with van der Waals surface area (Å²) in [5.74, 6) is 0.602. The molecular weight excluding hydrogens is 458 g/mol. The molecule has 0 aliphatic carbocycles. The lowest BCUT2D eigenvalue weighted by atomic mass is 10.1. The highest BCUT2D eigenvalue weighted by molar-refractivity contribution is 7.99. The quantitative estimate of drug-likeness (QED) is 0.335. The van der Waals surface area contributed by atoms with Gasteiger partial charge in [-0.2, -0.15) is 0 Å². The van der Waals surface area contributed by atoms with Crippen molar-refractivity contribution in [1.29, 1.82) is 0 Å². The van der Waals surface area contributed by atoms with E-state index in [1.165, 1.54) is 24.2 Å². The molecule has 1 heterocycles. The highest BCUT2D eigenvalue weighted by Crippen LogP contribution is 2.30. The zero-order valence-corrected chi connectivity index (χ0v) is 20.9. The Morgan fingerprint density at radius 2 is 1.46 bits per heavy atom. The third-order valence-electron chi connectivity index (χ3n) is 5.37. The van der Waals surface area contributed by atoms with Crippen molar-refractivity contribution in [2.24, 2.45) is 0 Å². The largest absolute Gasteiger partial charge is 0.326 e. The van der Waals surface area contributed by atoms with Gasteiger partial charge in [-0.15, -0.1) is 10.2 Å². The third-order valence-corrected chi connectivity index (χ3v) is 6.30. The highest BCUT2D eigenvalue weighted by atomic mass is 32.2. The van der Waals surface area contributed by atoms with Crippen LogP contribution in [0.25, 0.3) is 17.1 Å². The summed E-state index contributed by atoms with van der Waals surface area (Å²) < 4.78 is 2.02. The molecular formula is C27H27N5O2S. The number of nitrogens with one attached hydrogen (secondary N) is 2. The minimum Gasteiger partial charge on any atom is -0.326 e. The topological polar surface area (TPSA) is 88.9 Å². The molecule has 0 aliphatic heterocycles. The molecule has 178 valence electrons. The second-order valence-electron chi connectivity index (χ2n) is 8.39. The molecule has 4 aromatic rings. The van der Waals surface area contributed by atoms with Crippen molar-refractivity contribution in [1.82, 2.24) is 14.8 Å².